The molecule has 0 spiro atoms. The molecule has 31 heteroatoms. The van der Waals surface area contributed by atoms with Gasteiger partial charge < -0.3 is 42.4 Å². The summed E-state index contributed by atoms with van der Waals surface area (Å²) in [6.45, 7) is 0.521. The number of hydrogen-bond donors (Lipinski definition) is 2. The molecular formula is C46H51FN12O13P2S2Si. The summed E-state index contributed by atoms with van der Waals surface area (Å²) in [6, 6.07) is 16.6. The number of alkyl halides is 1. The predicted molar refractivity (Wildman–Crippen MR) is 282 cm³/mol. The Kier molecular flexibility index (Phi) is 15.5. The minimum atomic E-state index is -4.43. The number of anilines is 1. The topological polar surface area (TPSA) is 291 Å². The van der Waals surface area contributed by atoms with Crippen molar-refractivity contribution in [3.05, 3.63) is 107 Å². The fourth-order valence-electron chi connectivity index (χ4n) is 8.65. The van der Waals surface area contributed by atoms with Gasteiger partial charge in [-0.3, -0.25) is 37.5 Å². The summed E-state index contributed by atoms with van der Waals surface area (Å²) >= 11 is 11.8. The van der Waals surface area contributed by atoms with Crippen molar-refractivity contribution in [1.29, 1.82) is 5.26 Å². The number of benzene rings is 2. The lowest BCUT2D eigenvalue weighted by molar-refractivity contribution is -0.384. The van der Waals surface area contributed by atoms with E-state index in [4.69, 9.17) is 69.9 Å². The van der Waals surface area contributed by atoms with E-state index in [1.807, 2.05) is 39.9 Å². The van der Waals surface area contributed by atoms with Gasteiger partial charge in [0.05, 0.1) is 56.5 Å². The van der Waals surface area contributed by atoms with Gasteiger partial charge in [0.2, 0.25) is 11.7 Å². The average molecular weight is 1150 g/mol. The Labute approximate surface area is 449 Å². The van der Waals surface area contributed by atoms with Gasteiger partial charge in [0, 0.05) is 36.5 Å². The van der Waals surface area contributed by atoms with E-state index in [-0.39, 0.29) is 59.0 Å². The lowest BCUT2D eigenvalue weighted by Crippen LogP contribution is -2.50. The Hall–Kier alpha value is -5.67. The van der Waals surface area contributed by atoms with E-state index >= 15 is 4.39 Å². The number of non-ortho nitro benzene ring substituents is 1. The molecule has 1 amide bonds. The van der Waals surface area contributed by atoms with Crippen molar-refractivity contribution in [3.8, 4) is 11.9 Å². The van der Waals surface area contributed by atoms with E-state index in [1.165, 1.54) is 35.7 Å². The van der Waals surface area contributed by atoms with Crippen LogP contribution in [0.4, 0.5) is 15.9 Å². The zero-order chi connectivity index (χ0) is 54.4. The second kappa shape index (κ2) is 21.9. The maximum absolute atomic E-state index is 17.2. The van der Waals surface area contributed by atoms with Crippen molar-refractivity contribution in [2.75, 3.05) is 31.7 Å². The molecule has 8 heterocycles. The van der Waals surface area contributed by atoms with Crippen LogP contribution in [0.3, 0.4) is 0 Å². The van der Waals surface area contributed by atoms with E-state index in [0.29, 0.717) is 23.1 Å². The van der Waals surface area contributed by atoms with Crippen LogP contribution >= 0.6 is 13.4 Å². The molecule has 2 bridgehead atoms. The summed E-state index contributed by atoms with van der Waals surface area (Å²) in [4.78, 5) is 62.6. The van der Waals surface area contributed by atoms with Crippen molar-refractivity contribution in [1.82, 2.24) is 43.4 Å². The summed E-state index contributed by atoms with van der Waals surface area (Å²) < 4.78 is 80.3. The van der Waals surface area contributed by atoms with Crippen LogP contribution in [0.5, 0.6) is 5.88 Å². The number of imidazole rings is 3. The Balaban J connectivity index is 0.998. The molecule has 3 aliphatic rings. The van der Waals surface area contributed by atoms with Gasteiger partial charge in [0.15, 0.2) is 55.1 Å². The molecule has 2 aromatic carbocycles. The molecule has 406 valence electrons. The second-order valence-corrected chi connectivity index (χ2v) is 30.0. The smallest absolute Gasteiger partial charge is 0.327 e. The standard InChI is InChI=1S/C46H51FN12O13P2S2Si/c1-46(2,3)77(4,5)72-36-31-22-66-73(63,75)70-35-30(68-43(32(35)47)57-25-52-33-38(50-24-51-39(33)57)54-40(60)28-10-7-6-8-11-28)23-67-74(76,65-20-9-17-48)71-37(36)44(69-31)58-26-53-34-41(55-45-49-18-19-56(45)42(34)58)64-21-16-27-12-14-29(15-13-27)59(61)62/h6-8,10-15,18-19,24-26,30-32,35-37,43-44H,9,16,20-23H2,1-5H3,(H,63,75)(H,50,51,54,60)/t30-,31-,32-,35-,36-,37-,43-,44-,73?,74?/m1/s1. The van der Waals surface area contributed by atoms with Gasteiger partial charge in [-0.1, -0.05) is 51.1 Å². The number of ether oxygens (including phenoxy) is 3. The molecule has 10 atom stereocenters. The number of nitrogens with zero attached hydrogens (tertiary/aromatic N) is 11. The largest absolute Gasteiger partial charge is 0.476 e. The van der Waals surface area contributed by atoms with Crippen LogP contribution in [0.25, 0.3) is 28.1 Å². The van der Waals surface area contributed by atoms with E-state index in [2.05, 4.69) is 30.2 Å². The van der Waals surface area contributed by atoms with Crippen LogP contribution in [0, 0.1) is 21.4 Å². The molecule has 77 heavy (non-hydrogen) atoms. The number of halogens is 1. The number of nitro benzene ring substituents is 1. The molecule has 10 rings (SSSR count). The summed E-state index contributed by atoms with van der Waals surface area (Å²) in [7, 11) is -2.80. The third-order valence-electron chi connectivity index (χ3n) is 13.5. The first kappa shape index (κ1) is 54.7. The maximum atomic E-state index is 17.2. The Morgan fingerprint density at radius 1 is 0.961 bits per heavy atom. The zero-order valence-corrected chi connectivity index (χ0v) is 46.2. The number of nitro groups is 1. The first-order valence-corrected chi connectivity index (χ1v) is 32.1. The summed E-state index contributed by atoms with van der Waals surface area (Å²) in [5.74, 6) is -0.0494. The number of carbonyl (C=O) groups excluding carboxylic acids is 1. The molecular weight excluding hydrogens is 1100 g/mol. The first-order valence-electron chi connectivity index (χ1n) is 24.1. The van der Waals surface area contributed by atoms with Crippen molar-refractivity contribution in [2.45, 2.75) is 101 Å². The normalized spacial score (nSPS) is 27.1. The summed E-state index contributed by atoms with van der Waals surface area (Å²) in [6.07, 6.45) is -3.81. The highest BCUT2D eigenvalue weighted by Crippen LogP contribution is 2.58. The molecule has 5 aromatic heterocycles. The molecule has 3 aliphatic heterocycles. The predicted octanol–water partition coefficient (Wildman–Crippen LogP) is 7.41. The van der Waals surface area contributed by atoms with Crippen molar-refractivity contribution >= 4 is 90.9 Å². The lowest BCUT2D eigenvalue weighted by Gasteiger charge is -2.41. The fourth-order valence-corrected chi connectivity index (χ4v) is 13.5. The Bertz CT molecular complexity index is 3480. The molecule has 25 nitrogen and oxygen atoms in total. The van der Waals surface area contributed by atoms with Gasteiger partial charge in [-0.15, -0.1) is 0 Å². The average Bonchev–Trinajstić information content (AvgIpc) is 4.36. The van der Waals surface area contributed by atoms with Gasteiger partial charge in [0.1, 0.15) is 36.8 Å². The van der Waals surface area contributed by atoms with Gasteiger partial charge >= 0.3 is 13.4 Å². The van der Waals surface area contributed by atoms with Gasteiger partial charge in [0.25, 0.3) is 11.6 Å². The van der Waals surface area contributed by atoms with E-state index < -0.39 is 94.9 Å². The van der Waals surface area contributed by atoms with E-state index in [9.17, 15) is 25.1 Å². The fraction of sp³-hybridized carbons (Fsp3) is 0.435. The third kappa shape index (κ3) is 11.3. The summed E-state index contributed by atoms with van der Waals surface area (Å²) in [5, 5.41) is 23.2. The highest BCUT2D eigenvalue weighted by atomic mass is 32.5. The van der Waals surface area contributed by atoms with Crippen LogP contribution in [0.15, 0.2) is 86.0 Å². The number of amides is 1. The first-order chi connectivity index (χ1) is 36.7. The van der Waals surface area contributed by atoms with Crippen LogP contribution in [0.1, 0.15) is 55.6 Å². The molecule has 2 unspecified atom stereocenters. The maximum Gasteiger partial charge on any atom is 0.327 e. The minimum Gasteiger partial charge on any atom is -0.476 e. The van der Waals surface area contributed by atoms with Crippen molar-refractivity contribution in [3.63, 3.8) is 0 Å². The monoisotopic (exact) mass is 1150 g/mol. The van der Waals surface area contributed by atoms with Crippen LogP contribution in [-0.4, -0.2) is 131 Å². The molecule has 3 fully saturated rings. The number of nitrogens with one attached hydrogen (secondary N) is 1. The Morgan fingerprint density at radius 2 is 1.69 bits per heavy atom. The molecule has 7 aromatic rings. The molecule has 0 saturated carbocycles. The summed E-state index contributed by atoms with van der Waals surface area (Å²) in [5.41, 5.74) is 2.01. The third-order valence-corrected chi connectivity index (χ3v) is 21.9. The van der Waals surface area contributed by atoms with Crippen LogP contribution in [-0.2, 0) is 66.6 Å². The van der Waals surface area contributed by atoms with E-state index in [1.54, 1.807) is 63.8 Å². The van der Waals surface area contributed by atoms with Crippen LogP contribution in [0.2, 0.25) is 18.1 Å². The highest BCUT2D eigenvalue weighted by molar-refractivity contribution is 8.07. The second-order valence-electron chi connectivity index (χ2n) is 19.5. The number of aromatic nitrogens is 9. The SMILES string of the molecule is CC(C)(C)[Si](C)(C)O[C@H]1[C@H]2OP(=S)(OCCC#N)OC[C@H]3O[C@@H](n4cnc5c(NC(=O)c6ccccc6)ncnc54)[C@H](F)[C@@H]3OP(O)(=S)OC[C@H]1O[C@H]2n1cnc2c(OCCc3ccc([N+](=O)[O-])cc3)nc3nccn3c21. The molecule has 2 N–H and O–H groups in total. The molecule has 0 radical (unpaired) electrons. The number of rotatable bonds is 14. The van der Waals surface area contributed by atoms with Gasteiger partial charge in [-0.05, 0) is 59.4 Å². The van der Waals surface area contributed by atoms with Gasteiger partial charge in [-0.25, -0.2) is 29.3 Å². The van der Waals surface area contributed by atoms with Crippen molar-refractivity contribution in [2.24, 2.45) is 0 Å². The number of hydrogen-bond acceptors (Lipinski definition) is 21. The van der Waals surface area contributed by atoms with Crippen molar-refractivity contribution < 1.29 is 60.3 Å². The minimum absolute atomic E-state index is 0.0373. The van der Waals surface area contributed by atoms with Crippen LogP contribution < -0.4 is 10.1 Å². The lowest BCUT2D eigenvalue weighted by atomic mass is 10.1. The Morgan fingerprint density at radius 3 is 2.43 bits per heavy atom. The molecule has 0 aliphatic carbocycles. The number of fused-ring (bicyclic) bond motifs is 7. The zero-order valence-electron chi connectivity index (χ0n) is 41.8. The quantitative estimate of drug-likeness (QED) is 0.0352. The number of carbonyl (C=O) groups is 1. The van der Waals surface area contributed by atoms with Gasteiger partial charge in [-0.2, -0.15) is 10.2 Å². The number of nitriles is 1. The van der Waals surface area contributed by atoms with E-state index in [0.717, 1.165) is 5.56 Å². The molecule has 3 saturated heterocycles. The highest BCUT2D eigenvalue weighted by Gasteiger charge is 2.56.